The van der Waals surface area contributed by atoms with Gasteiger partial charge in [-0.25, -0.2) is 0 Å². The van der Waals surface area contributed by atoms with Gasteiger partial charge in [-0.1, -0.05) is 35.9 Å². The topological polar surface area (TPSA) is 79.4 Å². The number of Topliss-reactive ketones (excluding diaryl/α,β-unsaturated/α-hetero) is 1. The van der Waals surface area contributed by atoms with E-state index in [1.807, 2.05) is 68.1 Å². The predicted octanol–water partition coefficient (Wildman–Crippen LogP) is 7.91. The van der Waals surface area contributed by atoms with Gasteiger partial charge < -0.3 is 10.5 Å². The lowest BCUT2D eigenvalue weighted by Gasteiger charge is -2.40. The van der Waals surface area contributed by atoms with Gasteiger partial charge in [-0.2, -0.15) is 5.26 Å². The molecule has 5 nitrogen and oxygen atoms in total. The van der Waals surface area contributed by atoms with Crippen LogP contribution in [0, 0.1) is 32.1 Å². The van der Waals surface area contributed by atoms with Gasteiger partial charge >= 0.3 is 0 Å². The molecular weight excluding hydrogens is 574 g/mol. The van der Waals surface area contributed by atoms with E-state index in [-0.39, 0.29) is 5.78 Å². The van der Waals surface area contributed by atoms with Gasteiger partial charge in [0.1, 0.15) is 18.2 Å². The molecule has 3 aromatic carbocycles. The van der Waals surface area contributed by atoms with Crippen LogP contribution < -0.4 is 15.4 Å². The summed E-state index contributed by atoms with van der Waals surface area (Å²) in [5.41, 5.74) is 14.4. The third-order valence-corrected chi connectivity index (χ3v) is 8.47. The summed E-state index contributed by atoms with van der Waals surface area (Å²) in [6.45, 7) is 6.38. The highest BCUT2D eigenvalue weighted by molar-refractivity contribution is 9.10. The van der Waals surface area contributed by atoms with Gasteiger partial charge in [-0.15, -0.1) is 0 Å². The minimum absolute atomic E-state index is 0.0631. The normalized spacial score (nSPS) is 17.3. The summed E-state index contributed by atoms with van der Waals surface area (Å²) in [4.78, 5) is 15.5. The molecule has 39 heavy (non-hydrogen) atoms. The van der Waals surface area contributed by atoms with Gasteiger partial charge in [0, 0.05) is 27.2 Å². The van der Waals surface area contributed by atoms with E-state index in [1.165, 1.54) is 0 Å². The number of carbonyl (C=O) groups excluding carboxylic acids is 1. The number of hydrogen-bond acceptors (Lipinski definition) is 5. The first-order valence-electron chi connectivity index (χ1n) is 12.9. The molecule has 2 N–H and O–H groups in total. The number of nitriles is 1. The lowest BCUT2D eigenvalue weighted by molar-refractivity contribution is -0.116. The number of ketones is 1. The van der Waals surface area contributed by atoms with Crippen LogP contribution in [0.3, 0.4) is 0 Å². The van der Waals surface area contributed by atoms with Crippen molar-refractivity contribution in [3.05, 3.63) is 115 Å². The number of aryl methyl sites for hydroxylation is 3. The van der Waals surface area contributed by atoms with E-state index in [4.69, 9.17) is 22.1 Å². The summed E-state index contributed by atoms with van der Waals surface area (Å²) in [5.74, 6) is 0.649. The van der Waals surface area contributed by atoms with Gasteiger partial charge in [-0.3, -0.25) is 9.69 Å². The van der Waals surface area contributed by atoms with Crippen LogP contribution in [0.4, 0.5) is 5.69 Å². The Morgan fingerprint density at radius 3 is 2.56 bits per heavy atom. The second-order valence-electron chi connectivity index (χ2n) is 10.1. The highest BCUT2D eigenvalue weighted by Gasteiger charge is 2.41. The number of halogens is 2. The number of anilines is 1. The monoisotopic (exact) mass is 601 g/mol. The number of benzene rings is 3. The van der Waals surface area contributed by atoms with Crippen LogP contribution in [0.25, 0.3) is 0 Å². The van der Waals surface area contributed by atoms with Crippen molar-refractivity contribution in [2.75, 3.05) is 4.90 Å². The maximum Gasteiger partial charge on any atom is 0.161 e. The Labute approximate surface area is 242 Å². The average Bonchev–Trinajstić information content (AvgIpc) is 2.89. The fourth-order valence-corrected chi connectivity index (χ4v) is 6.31. The zero-order chi connectivity index (χ0) is 27.8. The third kappa shape index (κ3) is 4.97. The molecule has 0 bridgehead atoms. The molecule has 198 valence electrons. The van der Waals surface area contributed by atoms with E-state index < -0.39 is 5.92 Å². The summed E-state index contributed by atoms with van der Waals surface area (Å²) in [6.07, 6.45) is 1.90. The molecule has 0 saturated heterocycles. The van der Waals surface area contributed by atoms with Crippen LogP contribution in [-0.2, 0) is 11.4 Å². The molecule has 2 aliphatic rings. The molecule has 1 atom stereocenters. The zero-order valence-corrected chi connectivity index (χ0v) is 24.5. The number of nitrogens with zero attached hydrogens (tertiary/aromatic N) is 2. The Morgan fingerprint density at radius 2 is 1.85 bits per heavy atom. The van der Waals surface area contributed by atoms with Crippen LogP contribution in [0.1, 0.15) is 53.0 Å². The summed E-state index contributed by atoms with van der Waals surface area (Å²) >= 11 is 9.75. The molecule has 7 heteroatoms. The fraction of sp³-hybridized carbons (Fsp3) is 0.250. The number of ether oxygens (including phenoxy) is 1. The van der Waals surface area contributed by atoms with Gasteiger partial charge in [0.2, 0.25) is 0 Å². The molecular formula is C32H29BrClN3O2. The highest BCUT2D eigenvalue weighted by atomic mass is 79.9. The average molecular weight is 603 g/mol. The molecule has 3 aromatic rings. The maximum atomic E-state index is 13.6. The van der Waals surface area contributed by atoms with Crippen molar-refractivity contribution in [3.8, 4) is 11.8 Å². The van der Waals surface area contributed by atoms with E-state index in [0.29, 0.717) is 41.4 Å². The van der Waals surface area contributed by atoms with Crippen LogP contribution >= 0.6 is 27.5 Å². The van der Waals surface area contributed by atoms with Crippen molar-refractivity contribution >= 4 is 39.0 Å². The quantitative estimate of drug-likeness (QED) is 0.321. The van der Waals surface area contributed by atoms with Gasteiger partial charge in [0.05, 0.1) is 23.2 Å². The summed E-state index contributed by atoms with van der Waals surface area (Å²) in [5, 5.41) is 11.1. The molecule has 0 aromatic heterocycles. The molecule has 1 aliphatic carbocycles. The maximum absolute atomic E-state index is 13.6. The lowest BCUT2D eigenvalue weighted by Crippen LogP contribution is -2.39. The number of carbonyl (C=O) groups is 1. The van der Waals surface area contributed by atoms with E-state index in [9.17, 15) is 10.1 Å². The number of allylic oxidation sites excluding steroid dienone is 3. The fourth-order valence-electron chi connectivity index (χ4n) is 5.62. The van der Waals surface area contributed by atoms with E-state index in [0.717, 1.165) is 55.8 Å². The van der Waals surface area contributed by atoms with Crippen molar-refractivity contribution < 1.29 is 9.53 Å². The molecule has 0 fully saturated rings. The van der Waals surface area contributed by atoms with Gasteiger partial charge in [0.15, 0.2) is 5.78 Å². The molecule has 5 rings (SSSR count). The van der Waals surface area contributed by atoms with E-state index >= 15 is 0 Å². The lowest BCUT2D eigenvalue weighted by atomic mass is 9.74. The summed E-state index contributed by atoms with van der Waals surface area (Å²) in [7, 11) is 0. The highest BCUT2D eigenvalue weighted by Crippen LogP contribution is 2.48. The van der Waals surface area contributed by atoms with Crippen molar-refractivity contribution in [1.82, 2.24) is 0 Å². The second-order valence-corrected chi connectivity index (χ2v) is 11.4. The molecule has 1 heterocycles. The third-order valence-electron chi connectivity index (χ3n) is 7.56. The van der Waals surface area contributed by atoms with Crippen molar-refractivity contribution in [2.45, 2.75) is 52.6 Å². The van der Waals surface area contributed by atoms with Gasteiger partial charge in [-0.05, 0) is 108 Å². The molecule has 1 unspecified atom stereocenters. The van der Waals surface area contributed by atoms with Crippen LogP contribution in [-0.4, -0.2) is 5.78 Å². The minimum Gasteiger partial charge on any atom is -0.489 e. The molecule has 1 aliphatic heterocycles. The van der Waals surface area contributed by atoms with Gasteiger partial charge in [0.25, 0.3) is 0 Å². The Hall–Kier alpha value is -3.53. The SMILES string of the molecule is Cc1cc(C)c(C2C(C#N)=C(N)N(c3ccccc3Br)C3=C2C(=O)CCC3)cc1COc1ccc(Cl)cc1C. The van der Waals surface area contributed by atoms with Crippen molar-refractivity contribution in [2.24, 2.45) is 5.73 Å². The standard InChI is InChI=1S/C32H29BrClN3O2/c1-18-13-19(2)23(15-21(18)17-39-29-12-11-22(34)14-20(29)3)30-24(16-35)32(36)37(26-8-5-4-7-25(26)33)27-9-6-10-28(38)31(27)30/h4-5,7-8,11-15,30H,6,9-10,17,36H2,1-3H3. The molecule has 0 saturated carbocycles. The Balaban J connectivity index is 1.63. The van der Waals surface area contributed by atoms with Crippen molar-refractivity contribution in [1.29, 1.82) is 5.26 Å². The summed E-state index contributed by atoms with van der Waals surface area (Å²) in [6, 6.07) is 19.8. The number of para-hydroxylation sites is 1. The minimum atomic E-state index is -0.534. The van der Waals surface area contributed by atoms with E-state index in [1.54, 1.807) is 0 Å². The first-order chi connectivity index (χ1) is 18.7. The second kappa shape index (κ2) is 10.9. The Kier molecular flexibility index (Phi) is 7.57. The number of hydrogen-bond donors (Lipinski definition) is 1. The molecule has 0 amide bonds. The number of nitrogens with two attached hydrogens (primary N) is 1. The van der Waals surface area contributed by atoms with Crippen LogP contribution in [0.5, 0.6) is 5.75 Å². The first-order valence-corrected chi connectivity index (χ1v) is 14.1. The Morgan fingerprint density at radius 1 is 1.08 bits per heavy atom. The molecule has 0 spiro atoms. The largest absolute Gasteiger partial charge is 0.489 e. The van der Waals surface area contributed by atoms with Crippen LogP contribution in [0.2, 0.25) is 5.02 Å². The Bertz CT molecular complexity index is 1600. The predicted molar refractivity (Wildman–Crippen MR) is 159 cm³/mol. The zero-order valence-electron chi connectivity index (χ0n) is 22.1. The molecule has 0 radical (unpaired) electrons. The van der Waals surface area contributed by atoms with Crippen molar-refractivity contribution in [3.63, 3.8) is 0 Å². The number of rotatable bonds is 5. The van der Waals surface area contributed by atoms with Crippen LogP contribution in [0.15, 0.2) is 81.7 Å². The van der Waals surface area contributed by atoms with E-state index in [2.05, 4.69) is 34.1 Å². The smallest absolute Gasteiger partial charge is 0.161 e. The summed E-state index contributed by atoms with van der Waals surface area (Å²) < 4.78 is 7.02. The first kappa shape index (κ1) is 27.1.